The van der Waals surface area contributed by atoms with Crippen LogP contribution >= 0.6 is 23.2 Å². The van der Waals surface area contributed by atoms with Crippen LogP contribution in [0.5, 0.6) is 0 Å². The second kappa shape index (κ2) is 7.07. The number of rotatable bonds is 5. The minimum absolute atomic E-state index is 0.0985. The number of halogens is 2. The molecule has 1 rings (SSSR count). The number of methoxy groups -OCH3 is 1. The molecule has 0 unspecified atom stereocenters. The van der Waals surface area contributed by atoms with Crippen LogP contribution in [0.1, 0.15) is 34.6 Å². The Morgan fingerprint density at radius 3 is 2.30 bits per heavy atom. The van der Waals surface area contributed by atoms with Crippen molar-refractivity contribution >= 4 is 44.9 Å². The standard InChI is InChI=1S/C14H17Cl2NO5S/c1-14(2,7-15)17-12(18)10-9(23(4,20)21)6-5-8(11(10)16)13(19)22-3/h5-6H,7H2,1-4H3,(H,17,18). The summed E-state index contributed by atoms with van der Waals surface area (Å²) in [6, 6.07) is 2.35. The highest BCUT2D eigenvalue weighted by atomic mass is 35.5. The number of esters is 1. The molecule has 0 aliphatic carbocycles. The van der Waals surface area contributed by atoms with Gasteiger partial charge in [0, 0.05) is 17.7 Å². The van der Waals surface area contributed by atoms with Gasteiger partial charge in [0.15, 0.2) is 9.84 Å². The van der Waals surface area contributed by atoms with Crippen molar-refractivity contribution in [1.29, 1.82) is 0 Å². The smallest absolute Gasteiger partial charge is 0.339 e. The van der Waals surface area contributed by atoms with Crippen LogP contribution in [-0.2, 0) is 14.6 Å². The lowest BCUT2D eigenvalue weighted by atomic mass is 10.1. The van der Waals surface area contributed by atoms with Crippen LogP contribution in [0, 0.1) is 0 Å². The van der Waals surface area contributed by atoms with Gasteiger partial charge in [-0.1, -0.05) is 11.6 Å². The van der Waals surface area contributed by atoms with E-state index in [-0.39, 0.29) is 26.9 Å². The zero-order chi connectivity index (χ0) is 18.0. The van der Waals surface area contributed by atoms with Gasteiger partial charge in [-0.25, -0.2) is 13.2 Å². The van der Waals surface area contributed by atoms with E-state index in [1.165, 1.54) is 6.07 Å². The summed E-state index contributed by atoms with van der Waals surface area (Å²) < 4.78 is 28.4. The highest BCUT2D eigenvalue weighted by Crippen LogP contribution is 2.29. The van der Waals surface area contributed by atoms with Gasteiger partial charge < -0.3 is 10.1 Å². The van der Waals surface area contributed by atoms with Gasteiger partial charge in [-0.3, -0.25) is 4.79 Å². The van der Waals surface area contributed by atoms with Crippen molar-refractivity contribution in [3.8, 4) is 0 Å². The molecule has 0 saturated heterocycles. The predicted octanol–water partition coefficient (Wildman–Crippen LogP) is 2.28. The van der Waals surface area contributed by atoms with Crippen molar-refractivity contribution in [3.63, 3.8) is 0 Å². The van der Waals surface area contributed by atoms with E-state index in [0.717, 1.165) is 19.4 Å². The summed E-state index contributed by atoms with van der Waals surface area (Å²) >= 11 is 11.9. The molecule has 9 heteroatoms. The van der Waals surface area contributed by atoms with Gasteiger partial charge in [-0.15, -0.1) is 11.6 Å². The first-order valence-corrected chi connectivity index (χ1v) is 9.24. The van der Waals surface area contributed by atoms with Crippen LogP contribution in [-0.4, -0.2) is 45.1 Å². The van der Waals surface area contributed by atoms with E-state index in [0.29, 0.717) is 0 Å². The van der Waals surface area contributed by atoms with Gasteiger partial charge in [-0.05, 0) is 26.0 Å². The van der Waals surface area contributed by atoms with E-state index < -0.39 is 27.3 Å². The Kier molecular flexibility index (Phi) is 6.06. The third-order valence-electron chi connectivity index (χ3n) is 2.92. The lowest BCUT2D eigenvalue weighted by molar-refractivity contribution is 0.0601. The minimum atomic E-state index is -3.74. The lowest BCUT2D eigenvalue weighted by Gasteiger charge is -2.24. The van der Waals surface area contributed by atoms with Crippen molar-refractivity contribution in [2.75, 3.05) is 19.2 Å². The van der Waals surface area contributed by atoms with Crippen molar-refractivity contribution in [3.05, 3.63) is 28.3 Å². The molecule has 0 radical (unpaired) electrons. The molecule has 0 heterocycles. The highest BCUT2D eigenvalue weighted by Gasteiger charge is 2.29. The topological polar surface area (TPSA) is 89.5 Å². The largest absolute Gasteiger partial charge is 0.465 e. The van der Waals surface area contributed by atoms with Crippen molar-refractivity contribution < 1.29 is 22.7 Å². The normalized spacial score (nSPS) is 11.9. The average Bonchev–Trinajstić information content (AvgIpc) is 2.44. The first kappa shape index (κ1) is 19.7. The third-order valence-corrected chi connectivity index (χ3v) is 5.12. The summed E-state index contributed by atoms with van der Waals surface area (Å²) in [5.41, 5.74) is -1.21. The molecule has 0 aliphatic rings. The molecule has 128 valence electrons. The highest BCUT2D eigenvalue weighted by molar-refractivity contribution is 7.90. The Morgan fingerprint density at radius 2 is 1.87 bits per heavy atom. The molecular weight excluding hydrogens is 365 g/mol. The second-order valence-electron chi connectivity index (χ2n) is 5.54. The maximum Gasteiger partial charge on any atom is 0.339 e. The summed E-state index contributed by atoms with van der Waals surface area (Å²) in [6.07, 6.45) is 0.944. The average molecular weight is 382 g/mol. The van der Waals surface area contributed by atoms with Gasteiger partial charge in [0.2, 0.25) is 0 Å². The molecule has 1 N–H and O–H groups in total. The zero-order valence-electron chi connectivity index (χ0n) is 13.1. The monoisotopic (exact) mass is 381 g/mol. The number of sulfone groups is 1. The fourth-order valence-electron chi connectivity index (χ4n) is 1.75. The first-order valence-electron chi connectivity index (χ1n) is 6.44. The number of carbonyl (C=O) groups excluding carboxylic acids is 2. The number of benzene rings is 1. The van der Waals surface area contributed by atoms with Crippen molar-refractivity contribution in [2.24, 2.45) is 0 Å². The lowest BCUT2D eigenvalue weighted by Crippen LogP contribution is -2.45. The number of amides is 1. The SMILES string of the molecule is COC(=O)c1ccc(S(C)(=O)=O)c(C(=O)NC(C)(C)CCl)c1Cl. The van der Waals surface area contributed by atoms with E-state index in [2.05, 4.69) is 10.1 Å². The van der Waals surface area contributed by atoms with Crippen LogP contribution in [0.2, 0.25) is 5.02 Å². The van der Waals surface area contributed by atoms with Crippen molar-refractivity contribution in [2.45, 2.75) is 24.3 Å². The summed E-state index contributed by atoms with van der Waals surface area (Å²) in [4.78, 5) is 23.9. The third kappa shape index (κ3) is 4.59. The number of ether oxygens (including phenoxy) is 1. The van der Waals surface area contributed by atoms with Gasteiger partial charge in [-0.2, -0.15) is 0 Å². The van der Waals surface area contributed by atoms with Gasteiger partial charge in [0.05, 0.1) is 28.2 Å². The fraction of sp³-hybridized carbons (Fsp3) is 0.429. The van der Waals surface area contributed by atoms with Gasteiger partial charge >= 0.3 is 5.97 Å². The summed E-state index contributed by atoms with van der Waals surface area (Å²) in [5, 5.41) is 2.30. The number of hydrogen-bond acceptors (Lipinski definition) is 5. The van der Waals surface area contributed by atoms with Gasteiger partial charge in [0.25, 0.3) is 5.91 Å². The Morgan fingerprint density at radius 1 is 1.30 bits per heavy atom. The maximum absolute atomic E-state index is 12.5. The Bertz CT molecular complexity index is 744. The van der Waals surface area contributed by atoms with E-state index in [9.17, 15) is 18.0 Å². The molecule has 23 heavy (non-hydrogen) atoms. The van der Waals surface area contributed by atoms with Crippen LogP contribution in [0.3, 0.4) is 0 Å². The fourth-order valence-corrected chi connectivity index (χ4v) is 3.08. The molecule has 0 aromatic heterocycles. The van der Waals surface area contributed by atoms with Crippen LogP contribution in [0.15, 0.2) is 17.0 Å². The summed E-state index contributed by atoms with van der Waals surface area (Å²) in [6.45, 7) is 3.33. The van der Waals surface area contributed by atoms with E-state index in [4.69, 9.17) is 23.2 Å². The zero-order valence-corrected chi connectivity index (χ0v) is 15.4. The van der Waals surface area contributed by atoms with Crippen molar-refractivity contribution in [1.82, 2.24) is 5.32 Å². The van der Waals surface area contributed by atoms with Gasteiger partial charge in [0.1, 0.15) is 0 Å². The molecule has 0 aliphatic heterocycles. The molecule has 6 nitrogen and oxygen atoms in total. The quantitative estimate of drug-likeness (QED) is 0.623. The van der Waals surface area contributed by atoms with Crippen LogP contribution < -0.4 is 5.32 Å². The van der Waals surface area contributed by atoms with Crippen LogP contribution in [0.4, 0.5) is 0 Å². The number of nitrogens with one attached hydrogen (secondary N) is 1. The van der Waals surface area contributed by atoms with E-state index >= 15 is 0 Å². The summed E-state index contributed by atoms with van der Waals surface area (Å²) in [5.74, 6) is -1.42. The maximum atomic E-state index is 12.5. The summed E-state index contributed by atoms with van der Waals surface area (Å²) in [7, 11) is -2.59. The van der Waals surface area contributed by atoms with E-state index in [1.54, 1.807) is 13.8 Å². The molecule has 0 bridgehead atoms. The Hall–Kier alpha value is -1.31. The Balaban J connectivity index is 3.59. The molecule has 1 aromatic rings. The molecular formula is C14H17Cl2NO5S. The molecule has 0 fully saturated rings. The number of carbonyl (C=O) groups is 2. The molecule has 1 aromatic carbocycles. The second-order valence-corrected chi connectivity index (χ2v) is 8.17. The molecule has 0 spiro atoms. The minimum Gasteiger partial charge on any atom is -0.465 e. The van der Waals surface area contributed by atoms with E-state index in [1.807, 2.05) is 0 Å². The predicted molar refractivity (Wildman–Crippen MR) is 88.2 cm³/mol. The molecule has 1 amide bonds. The van der Waals surface area contributed by atoms with Crippen LogP contribution in [0.25, 0.3) is 0 Å². The molecule has 0 atom stereocenters. The number of alkyl halides is 1. The Labute approximate surface area is 145 Å². The molecule has 0 saturated carbocycles. The first-order chi connectivity index (χ1) is 10.4. The number of hydrogen-bond donors (Lipinski definition) is 1.